The molecule has 2 rings (SSSR count). The number of amides is 1. The van der Waals surface area contributed by atoms with Crippen LogP contribution >= 0.6 is 0 Å². The van der Waals surface area contributed by atoms with E-state index in [-0.39, 0.29) is 6.09 Å². The van der Waals surface area contributed by atoms with Gasteiger partial charge in [0.25, 0.3) is 0 Å². The third kappa shape index (κ3) is 4.55. The number of ether oxygens (including phenoxy) is 2. The van der Waals surface area contributed by atoms with Gasteiger partial charge in [0.1, 0.15) is 17.0 Å². The number of hydrogen-bond acceptors (Lipinski definition) is 4. The number of carbonyl (C=O) groups is 1. The monoisotopic (exact) mass is 306 g/mol. The summed E-state index contributed by atoms with van der Waals surface area (Å²) in [7, 11) is 0. The largest absolute Gasteiger partial charge is 0.486 e. The van der Waals surface area contributed by atoms with Crippen LogP contribution in [0.5, 0.6) is 5.75 Å². The molecule has 1 unspecified atom stereocenters. The van der Waals surface area contributed by atoms with Gasteiger partial charge in [-0.05, 0) is 64.8 Å². The Labute approximate surface area is 132 Å². The molecule has 1 aromatic carbocycles. The Bertz CT molecular complexity index is 522. The van der Waals surface area contributed by atoms with E-state index < -0.39 is 11.2 Å². The van der Waals surface area contributed by atoms with E-state index in [1.165, 1.54) is 0 Å². The zero-order valence-corrected chi connectivity index (χ0v) is 13.9. The van der Waals surface area contributed by atoms with Gasteiger partial charge >= 0.3 is 6.09 Å². The van der Waals surface area contributed by atoms with Crippen molar-refractivity contribution in [3.05, 3.63) is 24.3 Å². The van der Waals surface area contributed by atoms with Gasteiger partial charge in [-0.2, -0.15) is 0 Å². The fourth-order valence-electron chi connectivity index (χ4n) is 2.59. The lowest BCUT2D eigenvalue weighted by Gasteiger charge is -2.40. The van der Waals surface area contributed by atoms with Gasteiger partial charge in [0.2, 0.25) is 0 Å². The molecule has 5 heteroatoms. The number of carbonyl (C=O) groups excluding carboxylic acids is 1. The predicted octanol–water partition coefficient (Wildman–Crippen LogP) is 3.44. The van der Waals surface area contributed by atoms with Crippen LogP contribution in [0.3, 0.4) is 0 Å². The second-order valence-corrected chi connectivity index (χ2v) is 7.13. The van der Waals surface area contributed by atoms with Crippen LogP contribution in [0, 0.1) is 0 Å². The van der Waals surface area contributed by atoms with E-state index >= 15 is 0 Å². The fraction of sp³-hybridized carbons (Fsp3) is 0.588. The molecule has 1 aliphatic heterocycles. The summed E-state index contributed by atoms with van der Waals surface area (Å²) >= 11 is 0. The molecule has 1 heterocycles. The zero-order chi connectivity index (χ0) is 16.4. The Kier molecular flexibility index (Phi) is 4.54. The highest BCUT2D eigenvalue weighted by Gasteiger charge is 2.36. The van der Waals surface area contributed by atoms with E-state index in [0.717, 1.165) is 18.6 Å². The number of nitrogens with zero attached hydrogens (tertiary/aromatic N) is 1. The van der Waals surface area contributed by atoms with Crippen LogP contribution in [0.2, 0.25) is 0 Å². The molecular formula is C17H26N2O3. The molecule has 0 bridgehead atoms. The number of hydrogen-bond donors (Lipinski definition) is 1. The van der Waals surface area contributed by atoms with Crippen molar-refractivity contribution in [3.63, 3.8) is 0 Å². The van der Waals surface area contributed by atoms with Crippen molar-refractivity contribution in [2.45, 2.75) is 51.7 Å². The molecule has 1 aliphatic rings. The highest BCUT2D eigenvalue weighted by Crippen LogP contribution is 2.28. The lowest BCUT2D eigenvalue weighted by atomic mass is 9.95. The minimum Gasteiger partial charge on any atom is -0.486 e. The van der Waals surface area contributed by atoms with Crippen molar-refractivity contribution in [3.8, 4) is 5.75 Å². The van der Waals surface area contributed by atoms with Crippen LogP contribution in [-0.2, 0) is 4.74 Å². The summed E-state index contributed by atoms with van der Waals surface area (Å²) in [6.45, 7) is 8.87. The first-order valence-electron chi connectivity index (χ1n) is 7.69. The van der Waals surface area contributed by atoms with Crippen LogP contribution in [0.1, 0.15) is 40.5 Å². The van der Waals surface area contributed by atoms with Crippen molar-refractivity contribution in [2.24, 2.45) is 0 Å². The smallest absolute Gasteiger partial charge is 0.410 e. The molecule has 0 aromatic heterocycles. The molecule has 0 aliphatic carbocycles. The summed E-state index contributed by atoms with van der Waals surface area (Å²) in [5, 5.41) is 0. The Hall–Kier alpha value is -1.91. The van der Waals surface area contributed by atoms with Crippen LogP contribution in [0.15, 0.2) is 24.3 Å². The fourth-order valence-corrected chi connectivity index (χ4v) is 2.59. The van der Waals surface area contributed by atoms with Crippen molar-refractivity contribution >= 4 is 11.8 Å². The molecular weight excluding hydrogens is 280 g/mol. The molecule has 0 radical (unpaired) electrons. The highest BCUT2D eigenvalue weighted by molar-refractivity contribution is 5.68. The van der Waals surface area contributed by atoms with Gasteiger partial charge in [0.15, 0.2) is 0 Å². The maximum Gasteiger partial charge on any atom is 0.410 e. The molecule has 1 fully saturated rings. The number of anilines is 1. The Balaban J connectivity index is 2.02. The number of benzene rings is 1. The molecule has 1 saturated heterocycles. The molecule has 22 heavy (non-hydrogen) atoms. The molecule has 2 N–H and O–H groups in total. The van der Waals surface area contributed by atoms with E-state index in [0.29, 0.717) is 18.8 Å². The van der Waals surface area contributed by atoms with Gasteiger partial charge in [-0.25, -0.2) is 4.79 Å². The standard InChI is InChI=1S/C17H26N2O3/c1-16(2,3)22-15(20)19-11-5-10-17(4,12-19)21-14-8-6-13(18)7-9-14/h6-9H,5,10-12,18H2,1-4H3. The SMILES string of the molecule is CC(C)(C)OC(=O)N1CCCC(C)(Oc2ccc(N)cc2)C1. The number of piperidine rings is 1. The van der Waals surface area contributed by atoms with Gasteiger partial charge in [0, 0.05) is 12.2 Å². The van der Waals surface area contributed by atoms with E-state index in [4.69, 9.17) is 15.2 Å². The number of likely N-dealkylation sites (tertiary alicyclic amines) is 1. The normalized spacial score (nSPS) is 22.3. The number of nitrogens with two attached hydrogens (primary N) is 1. The summed E-state index contributed by atoms with van der Waals surface area (Å²) in [6.07, 6.45) is 1.51. The van der Waals surface area contributed by atoms with Crippen LogP contribution in [0.4, 0.5) is 10.5 Å². The van der Waals surface area contributed by atoms with Crippen molar-refractivity contribution in [2.75, 3.05) is 18.8 Å². The Morgan fingerprint density at radius 3 is 2.50 bits per heavy atom. The van der Waals surface area contributed by atoms with Gasteiger partial charge in [0.05, 0.1) is 6.54 Å². The van der Waals surface area contributed by atoms with E-state index in [9.17, 15) is 4.79 Å². The Morgan fingerprint density at radius 1 is 1.27 bits per heavy atom. The van der Waals surface area contributed by atoms with E-state index in [1.807, 2.05) is 52.0 Å². The first-order valence-corrected chi connectivity index (χ1v) is 7.69. The average Bonchev–Trinajstić information content (AvgIpc) is 2.39. The summed E-state index contributed by atoms with van der Waals surface area (Å²) < 4.78 is 11.6. The summed E-state index contributed by atoms with van der Waals surface area (Å²) in [5.41, 5.74) is 5.50. The quantitative estimate of drug-likeness (QED) is 0.850. The van der Waals surface area contributed by atoms with Gasteiger partial charge < -0.3 is 20.1 Å². The summed E-state index contributed by atoms with van der Waals surface area (Å²) in [4.78, 5) is 14.0. The molecule has 1 aromatic rings. The minimum atomic E-state index is -0.483. The predicted molar refractivity (Wildman–Crippen MR) is 86.9 cm³/mol. The van der Waals surface area contributed by atoms with Gasteiger partial charge in [-0.3, -0.25) is 0 Å². The van der Waals surface area contributed by atoms with Crippen LogP contribution in [-0.4, -0.2) is 35.3 Å². The molecule has 1 atom stereocenters. The van der Waals surface area contributed by atoms with Crippen LogP contribution < -0.4 is 10.5 Å². The first-order chi connectivity index (χ1) is 10.2. The first kappa shape index (κ1) is 16.5. The lowest BCUT2D eigenvalue weighted by molar-refractivity contribution is -0.0203. The minimum absolute atomic E-state index is 0.278. The average molecular weight is 306 g/mol. The molecule has 122 valence electrons. The van der Waals surface area contributed by atoms with Gasteiger partial charge in [-0.1, -0.05) is 0 Å². The highest BCUT2D eigenvalue weighted by atomic mass is 16.6. The van der Waals surface area contributed by atoms with Crippen LogP contribution in [0.25, 0.3) is 0 Å². The summed E-state index contributed by atoms with van der Waals surface area (Å²) in [5.74, 6) is 0.766. The Morgan fingerprint density at radius 2 is 1.91 bits per heavy atom. The zero-order valence-electron chi connectivity index (χ0n) is 13.9. The molecule has 0 spiro atoms. The second kappa shape index (κ2) is 6.07. The topological polar surface area (TPSA) is 64.8 Å². The van der Waals surface area contributed by atoms with Crippen molar-refractivity contribution in [1.29, 1.82) is 0 Å². The van der Waals surface area contributed by atoms with Crippen molar-refractivity contribution in [1.82, 2.24) is 4.90 Å². The third-order valence-electron chi connectivity index (χ3n) is 3.56. The number of nitrogen functional groups attached to an aromatic ring is 1. The van der Waals surface area contributed by atoms with E-state index in [1.54, 1.807) is 4.90 Å². The second-order valence-electron chi connectivity index (χ2n) is 7.13. The number of rotatable bonds is 2. The maximum absolute atomic E-state index is 12.2. The molecule has 1 amide bonds. The third-order valence-corrected chi connectivity index (χ3v) is 3.56. The van der Waals surface area contributed by atoms with Gasteiger partial charge in [-0.15, -0.1) is 0 Å². The summed E-state index contributed by atoms with van der Waals surface area (Å²) in [6, 6.07) is 7.33. The van der Waals surface area contributed by atoms with E-state index in [2.05, 4.69) is 0 Å². The van der Waals surface area contributed by atoms with Crippen molar-refractivity contribution < 1.29 is 14.3 Å². The lowest BCUT2D eigenvalue weighted by Crippen LogP contribution is -2.52. The molecule has 0 saturated carbocycles. The molecule has 5 nitrogen and oxygen atoms in total. The maximum atomic E-state index is 12.2.